The van der Waals surface area contributed by atoms with Gasteiger partial charge in [0.1, 0.15) is 0 Å². The SMILES string of the molecule is CC(C1CC1)N(Cc1ccccc1)C(=O)CCCCCCN.Cl. The Morgan fingerprint density at radius 2 is 1.83 bits per heavy atom. The van der Waals surface area contributed by atoms with Crippen molar-refractivity contribution in [2.45, 2.75) is 64.5 Å². The van der Waals surface area contributed by atoms with E-state index in [2.05, 4.69) is 24.0 Å². The predicted molar refractivity (Wildman–Crippen MR) is 98.6 cm³/mol. The number of halogens is 1. The predicted octanol–water partition coefficient (Wildman–Crippen LogP) is 4.14. The molecule has 1 amide bonds. The van der Waals surface area contributed by atoms with Gasteiger partial charge in [-0.1, -0.05) is 43.2 Å². The third-order valence-electron chi connectivity index (χ3n) is 4.66. The molecule has 0 radical (unpaired) electrons. The highest BCUT2D eigenvalue weighted by Gasteiger charge is 2.33. The number of carbonyl (C=O) groups is 1. The van der Waals surface area contributed by atoms with E-state index in [-0.39, 0.29) is 12.4 Å². The highest BCUT2D eigenvalue weighted by atomic mass is 35.5. The minimum atomic E-state index is 0. The molecule has 1 fully saturated rings. The number of nitrogens with zero attached hydrogens (tertiary/aromatic N) is 1. The highest BCUT2D eigenvalue weighted by Crippen LogP contribution is 2.36. The molecule has 4 heteroatoms. The fourth-order valence-electron chi connectivity index (χ4n) is 2.99. The molecule has 1 saturated carbocycles. The Morgan fingerprint density at radius 1 is 1.17 bits per heavy atom. The van der Waals surface area contributed by atoms with Gasteiger partial charge in [0.15, 0.2) is 0 Å². The number of rotatable bonds is 10. The van der Waals surface area contributed by atoms with Crippen molar-refractivity contribution in [3.8, 4) is 0 Å². The molecular weight excluding hydrogens is 308 g/mol. The van der Waals surface area contributed by atoms with Crippen LogP contribution < -0.4 is 5.73 Å². The van der Waals surface area contributed by atoms with E-state index in [0.29, 0.717) is 24.3 Å². The lowest BCUT2D eigenvalue weighted by molar-refractivity contribution is -0.134. The summed E-state index contributed by atoms with van der Waals surface area (Å²) in [5.74, 6) is 1.03. The lowest BCUT2D eigenvalue weighted by Crippen LogP contribution is -2.39. The topological polar surface area (TPSA) is 46.3 Å². The van der Waals surface area contributed by atoms with Gasteiger partial charge in [0.2, 0.25) is 5.91 Å². The van der Waals surface area contributed by atoms with E-state index in [9.17, 15) is 4.79 Å². The number of amides is 1. The molecule has 1 atom stereocenters. The average molecular weight is 339 g/mol. The number of carbonyl (C=O) groups excluding carboxylic acids is 1. The van der Waals surface area contributed by atoms with Crippen LogP contribution in [0.1, 0.15) is 57.4 Å². The molecule has 1 aliphatic rings. The summed E-state index contributed by atoms with van der Waals surface area (Å²) in [7, 11) is 0. The molecule has 1 aromatic rings. The summed E-state index contributed by atoms with van der Waals surface area (Å²) in [6, 6.07) is 10.7. The first-order chi connectivity index (χ1) is 10.7. The van der Waals surface area contributed by atoms with Crippen LogP contribution in [0.2, 0.25) is 0 Å². The Hall–Kier alpha value is -1.06. The fourth-order valence-corrected chi connectivity index (χ4v) is 2.99. The molecule has 0 spiro atoms. The molecule has 23 heavy (non-hydrogen) atoms. The molecule has 0 aromatic heterocycles. The Kier molecular flexibility index (Phi) is 9.27. The Labute approximate surface area is 147 Å². The van der Waals surface area contributed by atoms with E-state index in [1.807, 2.05) is 18.2 Å². The zero-order valence-electron chi connectivity index (χ0n) is 14.2. The van der Waals surface area contributed by atoms with Crippen LogP contribution in [0.5, 0.6) is 0 Å². The van der Waals surface area contributed by atoms with Crippen LogP contribution in [0.4, 0.5) is 0 Å². The molecular formula is C19H31ClN2O. The van der Waals surface area contributed by atoms with Crippen LogP contribution in [0, 0.1) is 5.92 Å². The Balaban J connectivity index is 0.00000264. The summed E-state index contributed by atoms with van der Waals surface area (Å²) in [4.78, 5) is 14.8. The second-order valence-electron chi connectivity index (χ2n) is 6.54. The van der Waals surface area contributed by atoms with E-state index in [0.717, 1.165) is 38.8 Å². The molecule has 1 unspecified atom stereocenters. The van der Waals surface area contributed by atoms with E-state index in [1.165, 1.54) is 18.4 Å². The van der Waals surface area contributed by atoms with Crippen molar-refractivity contribution in [1.29, 1.82) is 0 Å². The van der Waals surface area contributed by atoms with Gasteiger partial charge >= 0.3 is 0 Å². The summed E-state index contributed by atoms with van der Waals surface area (Å²) >= 11 is 0. The third-order valence-corrected chi connectivity index (χ3v) is 4.66. The van der Waals surface area contributed by atoms with Crippen molar-refractivity contribution in [1.82, 2.24) is 4.90 Å². The van der Waals surface area contributed by atoms with Crippen LogP contribution in [0.15, 0.2) is 30.3 Å². The van der Waals surface area contributed by atoms with Crippen molar-refractivity contribution in [3.05, 3.63) is 35.9 Å². The highest BCUT2D eigenvalue weighted by molar-refractivity contribution is 5.85. The lowest BCUT2D eigenvalue weighted by atomic mass is 10.1. The first-order valence-corrected chi connectivity index (χ1v) is 8.76. The van der Waals surface area contributed by atoms with E-state index >= 15 is 0 Å². The molecule has 0 heterocycles. The summed E-state index contributed by atoms with van der Waals surface area (Å²) < 4.78 is 0. The summed E-state index contributed by atoms with van der Waals surface area (Å²) in [5.41, 5.74) is 6.74. The normalized spacial score (nSPS) is 14.9. The van der Waals surface area contributed by atoms with Crippen LogP contribution in [-0.2, 0) is 11.3 Å². The van der Waals surface area contributed by atoms with Gasteiger partial charge in [0, 0.05) is 19.0 Å². The van der Waals surface area contributed by atoms with Gasteiger partial charge in [-0.3, -0.25) is 4.79 Å². The molecule has 0 saturated heterocycles. The summed E-state index contributed by atoms with van der Waals surface area (Å²) in [5, 5.41) is 0. The van der Waals surface area contributed by atoms with Crippen LogP contribution in [0.25, 0.3) is 0 Å². The first kappa shape index (κ1) is 20.0. The number of unbranched alkanes of at least 4 members (excludes halogenated alkanes) is 3. The second-order valence-corrected chi connectivity index (χ2v) is 6.54. The second kappa shape index (κ2) is 10.7. The first-order valence-electron chi connectivity index (χ1n) is 8.76. The van der Waals surface area contributed by atoms with Gasteiger partial charge in [-0.2, -0.15) is 0 Å². The van der Waals surface area contributed by atoms with Gasteiger partial charge < -0.3 is 10.6 Å². The standard InChI is InChI=1S/C19H30N2O.ClH/c1-16(18-12-13-18)21(15-17-9-5-4-6-10-17)19(22)11-7-2-3-8-14-20;/h4-6,9-10,16,18H,2-3,7-8,11-15,20H2,1H3;1H. The fraction of sp³-hybridized carbons (Fsp3) is 0.632. The van der Waals surface area contributed by atoms with Gasteiger partial charge in [0.25, 0.3) is 0 Å². The van der Waals surface area contributed by atoms with E-state index < -0.39 is 0 Å². The van der Waals surface area contributed by atoms with Crippen molar-refractivity contribution < 1.29 is 4.79 Å². The lowest BCUT2D eigenvalue weighted by Gasteiger charge is -2.30. The van der Waals surface area contributed by atoms with Crippen molar-refractivity contribution in [2.24, 2.45) is 11.7 Å². The number of nitrogens with two attached hydrogens (primary N) is 1. The zero-order chi connectivity index (χ0) is 15.8. The van der Waals surface area contributed by atoms with Gasteiger partial charge in [-0.05, 0) is 50.6 Å². The van der Waals surface area contributed by atoms with Gasteiger partial charge in [-0.25, -0.2) is 0 Å². The van der Waals surface area contributed by atoms with Crippen LogP contribution in [-0.4, -0.2) is 23.4 Å². The quantitative estimate of drug-likeness (QED) is 0.651. The maximum absolute atomic E-state index is 12.7. The molecule has 3 nitrogen and oxygen atoms in total. The number of benzene rings is 1. The number of hydrogen-bond donors (Lipinski definition) is 1. The monoisotopic (exact) mass is 338 g/mol. The third kappa shape index (κ3) is 6.92. The van der Waals surface area contributed by atoms with E-state index in [4.69, 9.17) is 5.73 Å². The zero-order valence-corrected chi connectivity index (χ0v) is 15.1. The van der Waals surface area contributed by atoms with Gasteiger partial charge in [-0.15, -0.1) is 12.4 Å². The largest absolute Gasteiger partial charge is 0.335 e. The Morgan fingerprint density at radius 3 is 2.43 bits per heavy atom. The molecule has 1 aromatic carbocycles. The molecule has 2 rings (SSSR count). The van der Waals surface area contributed by atoms with E-state index in [1.54, 1.807) is 0 Å². The summed E-state index contributed by atoms with van der Waals surface area (Å²) in [6.45, 7) is 3.72. The Bertz CT molecular complexity index is 448. The minimum absolute atomic E-state index is 0. The van der Waals surface area contributed by atoms with Crippen LogP contribution in [0.3, 0.4) is 0 Å². The molecule has 1 aliphatic carbocycles. The minimum Gasteiger partial charge on any atom is -0.335 e. The van der Waals surface area contributed by atoms with Gasteiger partial charge in [0.05, 0.1) is 0 Å². The van der Waals surface area contributed by atoms with Crippen molar-refractivity contribution in [2.75, 3.05) is 6.54 Å². The molecule has 130 valence electrons. The van der Waals surface area contributed by atoms with Crippen molar-refractivity contribution >= 4 is 18.3 Å². The number of hydrogen-bond acceptors (Lipinski definition) is 2. The molecule has 0 bridgehead atoms. The maximum Gasteiger partial charge on any atom is 0.223 e. The smallest absolute Gasteiger partial charge is 0.223 e. The summed E-state index contributed by atoms with van der Waals surface area (Å²) in [6.07, 6.45) is 7.53. The average Bonchev–Trinajstić information content (AvgIpc) is 3.37. The van der Waals surface area contributed by atoms with Crippen molar-refractivity contribution in [3.63, 3.8) is 0 Å². The maximum atomic E-state index is 12.7. The molecule has 2 N–H and O–H groups in total. The molecule has 0 aliphatic heterocycles. The van der Waals surface area contributed by atoms with Crippen LogP contribution >= 0.6 is 12.4 Å².